The summed E-state index contributed by atoms with van der Waals surface area (Å²) in [6.45, 7) is 13.6. The van der Waals surface area contributed by atoms with Gasteiger partial charge < -0.3 is 0 Å². The van der Waals surface area contributed by atoms with Crippen LogP contribution in [0.15, 0.2) is 9.79 Å². The number of thioether (sulfide) groups is 2. The Hall–Kier alpha value is 0.530. The maximum atomic E-state index is 2.27. The van der Waals surface area contributed by atoms with E-state index in [1.54, 1.807) is 14.3 Å². The summed E-state index contributed by atoms with van der Waals surface area (Å²) in [5.41, 5.74) is 0. The van der Waals surface area contributed by atoms with Gasteiger partial charge in [-0.25, -0.2) is 0 Å². The van der Waals surface area contributed by atoms with Gasteiger partial charge in [0.25, 0.3) is 4.51 Å². The molecule has 86 valence electrons. The predicted molar refractivity (Wildman–Crippen MR) is 76.5 cm³/mol. The first-order valence-electron chi connectivity index (χ1n) is 5.53. The molecular weight excluding hydrogens is 240 g/mol. The Morgan fingerprint density at radius 2 is 1.20 bits per heavy atom. The van der Waals surface area contributed by atoms with Crippen molar-refractivity contribution in [3.05, 3.63) is 4.51 Å². The third-order valence-electron chi connectivity index (χ3n) is 1.62. The molecule has 1 rings (SSSR count). The van der Waals surface area contributed by atoms with E-state index < -0.39 is 0 Å². The lowest BCUT2D eigenvalue weighted by Gasteiger charge is -1.98. The van der Waals surface area contributed by atoms with E-state index in [-0.39, 0.29) is 0 Å². The van der Waals surface area contributed by atoms with Crippen molar-refractivity contribution in [2.45, 2.75) is 67.1 Å². The molecule has 0 aliphatic carbocycles. The molecule has 0 saturated heterocycles. The van der Waals surface area contributed by atoms with Crippen LogP contribution >= 0.6 is 23.5 Å². The molecule has 0 spiro atoms. The minimum absolute atomic E-state index is 0.702. The lowest BCUT2D eigenvalue weighted by molar-refractivity contribution is 1.11. The van der Waals surface area contributed by atoms with Crippen molar-refractivity contribution in [1.29, 1.82) is 0 Å². The summed E-state index contributed by atoms with van der Waals surface area (Å²) < 4.78 is 1.57. The van der Waals surface area contributed by atoms with E-state index >= 15 is 0 Å². The van der Waals surface area contributed by atoms with Crippen molar-refractivity contribution >= 4 is 34.9 Å². The number of hydrogen-bond donors (Lipinski definition) is 0. The van der Waals surface area contributed by atoms with Gasteiger partial charge in [-0.1, -0.05) is 27.7 Å². The fourth-order valence-electron chi connectivity index (χ4n) is 1.17. The molecule has 0 fully saturated rings. The van der Waals surface area contributed by atoms with Gasteiger partial charge in [-0.15, -0.1) is 23.5 Å². The summed E-state index contributed by atoms with van der Waals surface area (Å²) in [4.78, 5) is 3.14. The van der Waals surface area contributed by atoms with Crippen LogP contribution in [-0.4, -0.2) is 15.7 Å². The van der Waals surface area contributed by atoms with E-state index in [2.05, 4.69) is 41.5 Å². The smallest absolute Gasteiger partial charge is 0.116 e. The second kappa shape index (κ2) is 5.74. The van der Waals surface area contributed by atoms with Gasteiger partial charge in [-0.2, -0.15) is 0 Å². The summed E-state index contributed by atoms with van der Waals surface area (Å²) in [5, 5.41) is 2.11. The molecule has 0 aliphatic heterocycles. The quantitative estimate of drug-likeness (QED) is 0.432. The second-order valence-electron chi connectivity index (χ2n) is 4.49. The van der Waals surface area contributed by atoms with E-state index in [1.807, 2.05) is 34.9 Å². The van der Waals surface area contributed by atoms with Gasteiger partial charge in [0, 0.05) is 10.5 Å². The average Bonchev–Trinajstić information content (AvgIpc) is 2.60. The largest absolute Gasteiger partial charge is 0.254 e. The van der Waals surface area contributed by atoms with Crippen LogP contribution in [0.2, 0.25) is 0 Å². The first-order chi connectivity index (χ1) is 6.91. The van der Waals surface area contributed by atoms with Gasteiger partial charge in [0.1, 0.15) is 0 Å². The highest BCUT2D eigenvalue weighted by Gasteiger charge is 2.30. The van der Waals surface area contributed by atoms with E-state index in [4.69, 9.17) is 0 Å². The highest BCUT2D eigenvalue weighted by Crippen LogP contribution is 2.45. The minimum Gasteiger partial charge on any atom is -0.116 e. The van der Waals surface area contributed by atoms with Crippen LogP contribution in [0.1, 0.15) is 41.5 Å². The molecular formula is C12H21S3+. The van der Waals surface area contributed by atoms with Gasteiger partial charge in [-0.05, 0) is 13.8 Å². The van der Waals surface area contributed by atoms with Crippen molar-refractivity contribution in [1.82, 2.24) is 0 Å². The first-order valence-corrected chi connectivity index (χ1v) is 8.17. The van der Waals surface area contributed by atoms with E-state index in [0.717, 1.165) is 0 Å². The minimum atomic E-state index is 0.702. The molecule has 0 amide bonds. The molecule has 0 saturated carbocycles. The molecule has 0 bridgehead atoms. The summed E-state index contributed by atoms with van der Waals surface area (Å²) in [7, 11) is 0. The Balaban J connectivity index is 2.76. The van der Waals surface area contributed by atoms with Gasteiger partial charge in [0.15, 0.2) is 16.6 Å². The fourth-order valence-corrected chi connectivity index (χ4v) is 4.74. The number of rotatable bonds is 5. The predicted octanol–water partition coefficient (Wildman–Crippen LogP) is 4.59. The van der Waals surface area contributed by atoms with Crippen LogP contribution < -0.4 is 0 Å². The van der Waals surface area contributed by atoms with Crippen LogP contribution in [0.5, 0.6) is 0 Å². The van der Waals surface area contributed by atoms with Gasteiger partial charge in [0.05, 0.1) is 9.79 Å². The van der Waals surface area contributed by atoms with Crippen LogP contribution in [0, 0.1) is 4.51 Å². The van der Waals surface area contributed by atoms with Gasteiger partial charge in [-0.3, -0.25) is 0 Å². The zero-order valence-electron chi connectivity index (χ0n) is 10.5. The molecule has 3 heteroatoms. The molecule has 0 N–H and O–H groups in total. The molecule has 0 heterocycles. The van der Waals surface area contributed by atoms with E-state index in [9.17, 15) is 0 Å². The summed E-state index contributed by atoms with van der Waals surface area (Å²) in [6.07, 6.45) is 0. The third-order valence-corrected chi connectivity index (χ3v) is 5.35. The molecule has 1 aromatic carbocycles. The van der Waals surface area contributed by atoms with Crippen molar-refractivity contribution in [2.24, 2.45) is 0 Å². The molecule has 0 unspecified atom stereocenters. The molecule has 0 aliphatic rings. The molecule has 0 atom stereocenters. The summed E-state index contributed by atoms with van der Waals surface area (Å²) in [5.74, 6) is 0. The summed E-state index contributed by atoms with van der Waals surface area (Å²) >= 11 is 6.06. The Kier molecular flexibility index (Phi) is 5.20. The van der Waals surface area contributed by atoms with Crippen molar-refractivity contribution in [3.8, 4) is 0 Å². The lowest BCUT2D eigenvalue weighted by atomic mass is 10.6. The maximum Gasteiger partial charge on any atom is 0.254 e. The highest BCUT2D eigenvalue weighted by molar-refractivity contribution is 8.04. The Labute approximate surface area is 106 Å². The standard InChI is InChI=1S/C12H21S3/c1-7(2)13-10-11(14-8(3)4)12(10)15-9(5)6/h7-9H,1-6H3/q+1. The number of hydrogen-bond acceptors (Lipinski definition) is 2. The molecule has 0 aromatic heterocycles. The van der Waals surface area contributed by atoms with Gasteiger partial charge in [0.2, 0.25) is 0 Å². The molecule has 1 aromatic rings. The Morgan fingerprint density at radius 3 is 1.47 bits per heavy atom. The highest BCUT2D eigenvalue weighted by atomic mass is 32.2. The molecule has 0 nitrogen and oxygen atoms in total. The first kappa shape index (κ1) is 13.6. The van der Waals surface area contributed by atoms with Crippen molar-refractivity contribution in [3.63, 3.8) is 0 Å². The molecule has 0 radical (unpaired) electrons. The zero-order chi connectivity index (χ0) is 11.6. The van der Waals surface area contributed by atoms with Crippen molar-refractivity contribution in [2.75, 3.05) is 0 Å². The van der Waals surface area contributed by atoms with Gasteiger partial charge >= 0.3 is 0 Å². The van der Waals surface area contributed by atoms with Crippen molar-refractivity contribution < 1.29 is 0 Å². The normalized spacial score (nSPS) is 12.3. The van der Waals surface area contributed by atoms with Crippen LogP contribution in [0.4, 0.5) is 0 Å². The van der Waals surface area contributed by atoms with E-state index in [0.29, 0.717) is 15.7 Å². The van der Waals surface area contributed by atoms with Crippen LogP contribution in [0.25, 0.3) is 0 Å². The maximum absolute atomic E-state index is 2.27. The third kappa shape index (κ3) is 4.49. The monoisotopic (exact) mass is 261 g/mol. The second-order valence-corrected chi connectivity index (χ2v) is 9.25. The van der Waals surface area contributed by atoms with Crippen LogP contribution in [0.3, 0.4) is 0 Å². The lowest BCUT2D eigenvalue weighted by Crippen LogP contribution is -1.87. The topological polar surface area (TPSA) is 0 Å². The molecule has 15 heavy (non-hydrogen) atoms. The zero-order valence-corrected chi connectivity index (χ0v) is 12.9. The Bertz CT molecular complexity index is 303. The fraction of sp³-hybridized carbons (Fsp3) is 0.750. The SMILES string of the molecule is CC(C)Sc1c(SC(C)C)c1=[S+]C(C)C. The Morgan fingerprint density at radius 1 is 0.800 bits per heavy atom. The average molecular weight is 262 g/mol. The van der Waals surface area contributed by atoms with E-state index in [1.165, 1.54) is 0 Å². The van der Waals surface area contributed by atoms with Crippen LogP contribution in [-0.2, 0) is 11.4 Å². The summed E-state index contributed by atoms with van der Waals surface area (Å²) in [6, 6.07) is 0.